The van der Waals surface area contributed by atoms with Crippen molar-refractivity contribution in [2.45, 2.75) is 73.1 Å². The second kappa shape index (κ2) is 7.15. The molecular formula is C12H26F3N. The van der Waals surface area contributed by atoms with Crippen molar-refractivity contribution < 1.29 is 13.2 Å². The molecule has 0 bridgehead atoms. The first-order valence-corrected chi connectivity index (χ1v) is 5.85. The van der Waals surface area contributed by atoms with E-state index in [0.717, 1.165) is 0 Å². The first-order valence-electron chi connectivity index (χ1n) is 5.85. The maximum atomic E-state index is 12.0. The molecule has 0 aromatic heterocycles. The van der Waals surface area contributed by atoms with E-state index in [1.54, 1.807) is 6.92 Å². The van der Waals surface area contributed by atoms with Gasteiger partial charge in [0.05, 0.1) is 6.42 Å². The van der Waals surface area contributed by atoms with Crippen molar-refractivity contribution in [3.05, 3.63) is 0 Å². The molecule has 0 aliphatic carbocycles. The second-order valence-corrected chi connectivity index (χ2v) is 4.97. The molecule has 0 amide bonds. The third kappa shape index (κ3) is 10.3. The number of hydrogen-bond acceptors (Lipinski definition) is 1. The van der Waals surface area contributed by atoms with E-state index >= 15 is 0 Å². The van der Waals surface area contributed by atoms with Crippen molar-refractivity contribution in [3.8, 4) is 0 Å². The van der Waals surface area contributed by atoms with E-state index in [1.807, 2.05) is 41.5 Å². The van der Waals surface area contributed by atoms with Crippen molar-refractivity contribution in [3.63, 3.8) is 0 Å². The molecule has 0 rings (SSSR count). The summed E-state index contributed by atoms with van der Waals surface area (Å²) in [6.45, 7) is 13.5. The lowest BCUT2D eigenvalue weighted by Crippen LogP contribution is -2.44. The molecule has 0 aliphatic heterocycles. The van der Waals surface area contributed by atoms with Gasteiger partial charge >= 0.3 is 6.18 Å². The van der Waals surface area contributed by atoms with E-state index in [4.69, 9.17) is 0 Å². The maximum absolute atomic E-state index is 12.0. The average molecular weight is 241 g/mol. The fourth-order valence-corrected chi connectivity index (χ4v) is 1.08. The van der Waals surface area contributed by atoms with Crippen molar-refractivity contribution in [2.75, 3.05) is 0 Å². The van der Waals surface area contributed by atoms with Crippen LogP contribution in [0, 0.1) is 5.41 Å². The van der Waals surface area contributed by atoms with Gasteiger partial charge in [-0.3, -0.25) is 0 Å². The van der Waals surface area contributed by atoms with Crippen molar-refractivity contribution in [1.82, 2.24) is 5.32 Å². The summed E-state index contributed by atoms with van der Waals surface area (Å²) in [6.07, 6.45) is -4.85. The summed E-state index contributed by atoms with van der Waals surface area (Å²) in [7, 11) is 0. The number of hydrogen-bond donors (Lipinski definition) is 1. The Morgan fingerprint density at radius 2 is 1.38 bits per heavy atom. The smallest absolute Gasteiger partial charge is 0.311 e. The molecule has 0 radical (unpaired) electrons. The summed E-state index contributed by atoms with van der Waals surface area (Å²) in [5.41, 5.74) is -0.0140. The molecule has 2 atom stereocenters. The van der Waals surface area contributed by atoms with Gasteiger partial charge in [0.15, 0.2) is 0 Å². The van der Waals surface area contributed by atoms with Crippen LogP contribution in [-0.4, -0.2) is 18.3 Å². The molecule has 0 aliphatic rings. The van der Waals surface area contributed by atoms with E-state index in [1.165, 1.54) is 0 Å². The van der Waals surface area contributed by atoms with Crippen LogP contribution in [0.15, 0.2) is 0 Å². The normalized spacial score (nSPS) is 16.1. The van der Waals surface area contributed by atoms with Crippen LogP contribution in [-0.2, 0) is 0 Å². The second-order valence-electron chi connectivity index (χ2n) is 4.97. The molecular weight excluding hydrogens is 215 g/mol. The van der Waals surface area contributed by atoms with Crippen LogP contribution in [0.5, 0.6) is 0 Å². The molecule has 100 valence electrons. The summed E-state index contributed by atoms with van der Waals surface area (Å²) >= 11 is 0. The highest BCUT2D eigenvalue weighted by Gasteiger charge is 2.31. The zero-order valence-corrected chi connectivity index (χ0v) is 11.5. The number of nitrogens with one attached hydrogen (secondary N) is 1. The van der Waals surface area contributed by atoms with Gasteiger partial charge in [0.25, 0.3) is 0 Å². The zero-order valence-electron chi connectivity index (χ0n) is 11.5. The quantitative estimate of drug-likeness (QED) is 0.773. The fourth-order valence-electron chi connectivity index (χ4n) is 1.08. The highest BCUT2D eigenvalue weighted by Crippen LogP contribution is 2.24. The molecule has 2 unspecified atom stereocenters. The van der Waals surface area contributed by atoms with E-state index in [0.29, 0.717) is 0 Å². The van der Waals surface area contributed by atoms with Gasteiger partial charge in [0, 0.05) is 12.1 Å². The lowest BCUT2D eigenvalue weighted by Gasteiger charge is -2.31. The summed E-state index contributed by atoms with van der Waals surface area (Å²) < 4.78 is 36.0. The molecule has 0 aromatic rings. The minimum absolute atomic E-state index is 0.0140. The first kappa shape index (κ1) is 18.1. The van der Waals surface area contributed by atoms with Crippen molar-refractivity contribution in [2.24, 2.45) is 5.41 Å². The Labute approximate surface area is 97.8 Å². The minimum Gasteiger partial charge on any atom is -0.311 e. The van der Waals surface area contributed by atoms with E-state index in [-0.39, 0.29) is 11.5 Å². The zero-order chi connectivity index (χ0) is 13.6. The first-order chi connectivity index (χ1) is 7.02. The van der Waals surface area contributed by atoms with Gasteiger partial charge in [-0.2, -0.15) is 13.2 Å². The van der Waals surface area contributed by atoms with Gasteiger partial charge in [-0.1, -0.05) is 34.6 Å². The molecule has 16 heavy (non-hydrogen) atoms. The SMILES string of the molecule is CC.CC(CC(F)(F)F)NC(C)C(C)(C)C. The molecule has 0 aromatic carbocycles. The Morgan fingerprint density at radius 3 is 1.62 bits per heavy atom. The van der Waals surface area contributed by atoms with E-state index < -0.39 is 18.6 Å². The molecule has 0 fully saturated rings. The number of rotatable bonds is 3. The largest absolute Gasteiger partial charge is 0.390 e. The summed E-state index contributed by atoms with van der Waals surface area (Å²) in [4.78, 5) is 0. The summed E-state index contributed by atoms with van der Waals surface area (Å²) in [5, 5.41) is 2.96. The van der Waals surface area contributed by atoms with E-state index in [9.17, 15) is 13.2 Å². The fraction of sp³-hybridized carbons (Fsp3) is 1.00. The van der Waals surface area contributed by atoms with Crippen molar-refractivity contribution in [1.29, 1.82) is 0 Å². The molecule has 0 spiro atoms. The molecule has 1 N–H and O–H groups in total. The third-order valence-electron chi connectivity index (χ3n) is 2.37. The number of halogens is 3. The average Bonchev–Trinajstić information content (AvgIpc) is 2.02. The third-order valence-corrected chi connectivity index (χ3v) is 2.37. The Hall–Kier alpha value is -0.250. The molecule has 0 saturated heterocycles. The van der Waals surface area contributed by atoms with Gasteiger partial charge in [0.2, 0.25) is 0 Å². The summed E-state index contributed by atoms with van der Waals surface area (Å²) in [6, 6.07) is -0.455. The summed E-state index contributed by atoms with van der Waals surface area (Å²) in [5.74, 6) is 0. The monoisotopic (exact) mass is 241 g/mol. The Balaban J connectivity index is 0. The van der Waals surface area contributed by atoms with Gasteiger partial charge in [-0.05, 0) is 19.3 Å². The van der Waals surface area contributed by atoms with Crippen molar-refractivity contribution >= 4 is 0 Å². The lowest BCUT2D eigenvalue weighted by molar-refractivity contribution is -0.139. The number of alkyl halides is 3. The molecule has 1 nitrogen and oxygen atoms in total. The van der Waals surface area contributed by atoms with Crippen LogP contribution in [0.3, 0.4) is 0 Å². The van der Waals surface area contributed by atoms with Crippen LogP contribution < -0.4 is 5.32 Å². The van der Waals surface area contributed by atoms with Gasteiger partial charge in [0.1, 0.15) is 0 Å². The highest BCUT2D eigenvalue weighted by molar-refractivity contribution is 4.79. The van der Waals surface area contributed by atoms with Crippen LogP contribution in [0.1, 0.15) is 54.9 Å². The molecule has 0 heterocycles. The van der Waals surface area contributed by atoms with Gasteiger partial charge in [-0.25, -0.2) is 0 Å². The standard InChI is InChI=1S/C10H20F3N.C2H6/c1-7(6-10(11,12)13)14-8(2)9(3,4)5;1-2/h7-8,14H,6H2,1-5H3;1-2H3. The van der Waals surface area contributed by atoms with Crippen LogP contribution in [0.4, 0.5) is 13.2 Å². The molecule has 4 heteroatoms. The van der Waals surface area contributed by atoms with Crippen LogP contribution in [0.25, 0.3) is 0 Å². The maximum Gasteiger partial charge on any atom is 0.390 e. The van der Waals surface area contributed by atoms with Crippen LogP contribution >= 0.6 is 0 Å². The topological polar surface area (TPSA) is 12.0 Å². The molecule has 0 saturated carbocycles. The van der Waals surface area contributed by atoms with Gasteiger partial charge < -0.3 is 5.32 Å². The highest BCUT2D eigenvalue weighted by atomic mass is 19.4. The van der Waals surface area contributed by atoms with E-state index in [2.05, 4.69) is 5.32 Å². The minimum atomic E-state index is -4.08. The Kier molecular flexibility index (Phi) is 8.10. The lowest BCUT2D eigenvalue weighted by atomic mass is 9.87. The van der Waals surface area contributed by atoms with Crippen LogP contribution in [0.2, 0.25) is 0 Å². The Morgan fingerprint density at radius 1 is 1.00 bits per heavy atom. The van der Waals surface area contributed by atoms with Gasteiger partial charge in [-0.15, -0.1) is 0 Å². The predicted molar refractivity (Wildman–Crippen MR) is 63.5 cm³/mol. The predicted octanol–water partition coefficient (Wildman–Crippen LogP) is 4.38. The Bertz CT molecular complexity index is 170.